The first-order valence-electron chi connectivity index (χ1n) is 4.43. The topological polar surface area (TPSA) is 43.4 Å². The maximum atomic E-state index is 11.2. The Morgan fingerprint density at radius 3 is 2.54 bits per heavy atom. The zero-order valence-electron chi connectivity index (χ0n) is 7.95. The highest BCUT2D eigenvalue weighted by Gasteiger charge is 2.38. The van der Waals surface area contributed by atoms with Crippen LogP contribution in [-0.2, 0) is 14.3 Å². The zero-order chi connectivity index (χ0) is 10.0. The summed E-state index contributed by atoms with van der Waals surface area (Å²) in [5, 5.41) is 0. The number of carbonyl (C=O) groups excluding carboxylic acids is 2. The Hall–Kier alpha value is -1.12. The lowest BCUT2D eigenvalue weighted by Gasteiger charge is -2.19. The third-order valence-corrected chi connectivity index (χ3v) is 2.74. The molecular weight excluding hydrogens is 168 g/mol. The Morgan fingerprint density at radius 2 is 2.15 bits per heavy atom. The van der Waals surface area contributed by atoms with E-state index in [0.29, 0.717) is 0 Å². The predicted octanol–water partition coefficient (Wildman–Crippen LogP) is 1.53. The summed E-state index contributed by atoms with van der Waals surface area (Å²) in [5.74, 6) is -0.718. The first-order chi connectivity index (χ1) is 6.06. The first-order valence-corrected chi connectivity index (χ1v) is 4.43. The van der Waals surface area contributed by atoms with Crippen molar-refractivity contribution in [3.8, 4) is 0 Å². The highest BCUT2D eigenvalue weighted by atomic mass is 16.6. The highest BCUT2D eigenvalue weighted by molar-refractivity contribution is 5.94. The van der Waals surface area contributed by atoms with Crippen LogP contribution >= 0.6 is 0 Å². The molecule has 0 aliphatic carbocycles. The predicted molar refractivity (Wildman–Crippen MR) is 47.7 cm³/mol. The fourth-order valence-corrected chi connectivity index (χ4v) is 1.47. The van der Waals surface area contributed by atoms with Crippen LogP contribution in [0.5, 0.6) is 0 Å². The van der Waals surface area contributed by atoms with Crippen molar-refractivity contribution < 1.29 is 14.3 Å². The number of carbonyl (C=O) groups is 2. The van der Waals surface area contributed by atoms with Gasteiger partial charge in [0.25, 0.3) is 0 Å². The molecule has 13 heavy (non-hydrogen) atoms. The van der Waals surface area contributed by atoms with Crippen LogP contribution in [0.1, 0.15) is 20.3 Å². The second-order valence-corrected chi connectivity index (χ2v) is 3.56. The maximum Gasteiger partial charge on any atom is 0.317 e. The summed E-state index contributed by atoms with van der Waals surface area (Å²) in [4.78, 5) is 22.0. The lowest BCUT2D eigenvalue weighted by atomic mass is 9.83. The molecule has 0 aromatic carbocycles. The number of esters is 2. The van der Waals surface area contributed by atoms with Gasteiger partial charge in [0.05, 0.1) is 12.3 Å². The molecule has 0 N–H and O–H groups in total. The van der Waals surface area contributed by atoms with Gasteiger partial charge in [0, 0.05) is 0 Å². The van der Waals surface area contributed by atoms with Crippen molar-refractivity contribution in [1.82, 2.24) is 0 Å². The van der Waals surface area contributed by atoms with Gasteiger partial charge in [-0.15, -0.1) is 6.58 Å². The second-order valence-electron chi connectivity index (χ2n) is 3.56. The summed E-state index contributed by atoms with van der Waals surface area (Å²) in [5.41, 5.74) is 0. The molecule has 0 saturated carbocycles. The SMILES string of the molecule is C=CC(C)C(C)C1CC(=O)OC1=O. The van der Waals surface area contributed by atoms with Crippen LogP contribution in [0.2, 0.25) is 0 Å². The van der Waals surface area contributed by atoms with Crippen LogP contribution in [0.25, 0.3) is 0 Å². The number of allylic oxidation sites excluding steroid dienone is 1. The van der Waals surface area contributed by atoms with Crippen LogP contribution in [0.15, 0.2) is 12.7 Å². The average molecular weight is 182 g/mol. The Labute approximate surface area is 77.8 Å². The standard InChI is InChI=1S/C10H14O3/c1-4-6(2)7(3)8-5-9(11)13-10(8)12/h4,6-8H,1,5H2,2-3H3. The first kappa shape index (κ1) is 9.96. The highest BCUT2D eigenvalue weighted by Crippen LogP contribution is 2.29. The van der Waals surface area contributed by atoms with Crippen LogP contribution in [0.4, 0.5) is 0 Å². The molecule has 3 atom stereocenters. The van der Waals surface area contributed by atoms with Gasteiger partial charge in [0.1, 0.15) is 0 Å². The molecule has 3 unspecified atom stereocenters. The summed E-state index contributed by atoms with van der Waals surface area (Å²) in [6.45, 7) is 7.58. The molecule has 1 aliphatic heterocycles. The number of hydrogen-bond acceptors (Lipinski definition) is 3. The maximum absolute atomic E-state index is 11.2. The molecule has 0 radical (unpaired) electrons. The van der Waals surface area contributed by atoms with E-state index in [2.05, 4.69) is 11.3 Å². The molecule has 1 heterocycles. The Kier molecular flexibility index (Phi) is 2.86. The summed E-state index contributed by atoms with van der Waals surface area (Å²) >= 11 is 0. The smallest absolute Gasteiger partial charge is 0.317 e. The molecule has 3 heteroatoms. The van der Waals surface area contributed by atoms with Crippen LogP contribution < -0.4 is 0 Å². The minimum atomic E-state index is -0.405. The molecule has 3 nitrogen and oxygen atoms in total. The van der Waals surface area contributed by atoms with E-state index < -0.39 is 5.97 Å². The van der Waals surface area contributed by atoms with Crippen LogP contribution in [0, 0.1) is 17.8 Å². The molecular formula is C10H14O3. The van der Waals surface area contributed by atoms with E-state index in [0.717, 1.165) is 0 Å². The molecule has 0 aromatic heterocycles. The van der Waals surface area contributed by atoms with Gasteiger partial charge in [-0.05, 0) is 11.8 Å². The van der Waals surface area contributed by atoms with E-state index in [9.17, 15) is 9.59 Å². The second kappa shape index (κ2) is 3.73. The minimum absolute atomic E-state index is 0.122. The van der Waals surface area contributed by atoms with Crippen molar-refractivity contribution in [2.45, 2.75) is 20.3 Å². The minimum Gasteiger partial charge on any atom is -0.393 e. The molecule has 0 amide bonds. The lowest BCUT2D eigenvalue weighted by Crippen LogP contribution is -2.21. The Balaban J connectivity index is 2.66. The molecule has 1 aliphatic rings. The summed E-state index contributed by atoms with van der Waals surface area (Å²) < 4.78 is 4.48. The zero-order valence-corrected chi connectivity index (χ0v) is 7.95. The van der Waals surface area contributed by atoms with Gasteiger partial charge in [0.15, 0.2) is 0 Å². The fraction of sp³-hybridized carbons (Fsp3) is 0.600. The van der Waals surface area contributed by atoms with Gasteiger partial charge in [-0.2, -0.15) is 0 Å². The number of rotatable bonds is 3. The number of ether oxygens (including phenoxy) is 1. The molecule has 72 valence electrons. The van der Waals surface area contributed by atoms with E-state index in [4.69, 9.17) is 0 Å². The van der Waals surface area contributed by atoms with E-state index in [1.54, 1.807) is 6.08 Å². The fourth-order valence-electron chi connectivity index (χ4n) is 1.47. The third-order valence-electron chi connectivity index (χ3n) is 2.74. The van der Waals surface area contributed by atoms with Crippen molar-refractivity contribution in [2.24, 2.45) is 17.8 Å². The molecule has 0 bridgehead atoms. The largest absolute Gasteiger partial charge is 0.393 e. The van der Waals surface area contributed by atoms with Crippen molar-refractivity contribution in [1.29, 1.82) is 0 Å². The molecule has 0 spiro atoms. The molecule has 0 aromatic rings. The van der Waals surface area contributed by atoms with Gasteiger partial charge < -0.3 is 4.74 Å². The Bertz CT molecular complexity index is 245. The van der Waals surface area contributed by atoms with Crippen LogP contribution in [0.3, 0.4) is 0 Å². The van der Waals surface area contributed by atoms with E-state index in [-0.39, 0.29) is 30.1 Å². The van der Waals surface area contributed by atoms with E-state index in [1.807, 2.05) is 13.8 Å². The lowest BCUT2D eigenvalue weighted by molar-refractivity contribution is -0.153. The third kappa shape index (κ3) is 1.97. The van der Waals surface area contributed by atoms with Crippen molar-refractivity contribution in [3.05, 3.63) is 12.7 Å². The molecule has 1 saturated heterocycles. The molecule has 1 rings (SSSR count). The number of cyclic esters (lactones) is 2. The van der Waals surface area contributed by atoms with Gasteiger partial charge in [0.2, 0.25) is 0 Å². The summed E-state index contributed by atoms with van der Waals surface area (Å²) in [7, 11) is 0. The van der Waals surface area contributed by atoms with E-state index in [1.165, 1.54) is 0 Å². The van der Waals surface area contributed by atoms with E-state index >= 15 is 0 Å². The monoisotopic (exact) mass is 182 g/mol. The average Bonchev–Trinajstić information content (AvgIpc) is 2.42. The Morgan fingerprint density at radius 1 is 1.54 bits per heavy atom. The summed E-state index contributed by atoms with van der Waals surface area (Å²) in [6.07, 6.45) is 2.01. The normalized spacial score (nSPS) is 26.8. The van der Waals surface area contributed by atoms with Gasteiger partial charge in [-0.3, -0.25) is 9.59 Å². The van der Waals surface area contributed by atoms with Crippen LogP contribution in [-0.4, -0.2) is 11.9 Å². The summed E-state index contributed by atoms with van der Waals surface area (Å²) in [6, 6.07) is 0. The molecule has 1 fully saturated rings. The van der Waals surface area contributed by atoms with Crippen molar-refractivity contribution in [2.75, 3.05) is 0 Å². The van der Waals surface area contributed by atoms with Gasteiger partial charge in [-0.25, -0.2) is 0 Å². The van der Waals surface area contributed by atoms with Crippen molar-refractivity contribution in [3.63, 3.8) is 0 Å². The van der Waals surface area contributed by atoms with Crippen molar-refractivity contribution >= 4 is 11.9 Å². The van der Waals surface area contributed by atoms with Gasteiger partial charge >= 0.3 is 11.9 Å². The number of hydrogen-bond donors (Lipinski definition) is 0. The van der Waals surface area contributed by atoms with Gasteiger partial charge in [-0.1, -0.05) is 19.9 Å². The quantitative estimate of drug-likeness (QED) is 0.377.